The van der Waals surface area contributed by atoms with Crippen molar-refractivity contribution in [2.24, 2.45) is 0 Å². The van der Waals surface area contributed by atoms with E-state index in [1.165, 1.54) is 31.4 Å². The Hall–Kier alpha value is -4.14. The Kier molecular flexibility index (Phi) is 4.24. The number of rotatable bonds is 4. The van der Waals surface area contributed by atoms with Crippen molar-refractivity contribution in [1.29, 1.82) is 0 Å². The summed E-state index contributed by atoms with van der Waals surface area (Å²) < 4.78 is 15.2. The summed E-state index contributed by atoms with van der Waals surface area (Å²) in [6, 6.07) is 12.9. The number of methoxy groups -OCH3 is 1. The standard InChI is InChI=1S/C19H13N3O6/c1-26-19(23)28-18-9-15-14-8-13(6-7-16(14)21-17(15)10-20-18)27-12-4-2-11(3-5-12)22(24)25/h2-10,21H,1H3. The third-order valence-electron chi connectivity index (χ3n) is 4.07. The summed E-state index contributed by atoms with van der Waals surface area (Å²) in [4.78, 5) is 28.8. The van der Waals surface area contributed by atoms with E-state index in [1.54, 1.807) is 18.3 Å². The largest absolute Gasteiger partial charge is 0.514 e. The van der Waals surface area contributed by atoms with Crippen molar-refractivity contribution in [2.45, 2.75) is 0 Å². The van der Waals surface area contributed by atoms with E-state index in [2.05, 4.69) is 14.7 Å². The van der Waals surface area contributed by atoms with E-state index in [-0.39, 0.29) is 11.6 Å². The molecule has 28 heavy (non-hydrogen) atoms. The minimum Gasteiger partial charge on any atom is -0.457 e. The number of ether oxygens (including phenoxy) is 3. The summed E-state index contributed by atoms with van der Waals surface area (Å²) in [6.45, 7) is 0. The van der Waals surface area contributed by atoms with Crippen LogP contribution in [0.25, 0.3) is 21.8 Å². The molecule has 2 aromatic heterocycles. The highest BCUT2D eigenvalue weighted by molar-refractivity contribution is 6.07. The number of hydrogen-bond donors (Lipinski definition) is 1. The molecule has 0 aliphatic heterocycles. The summed E-state index contributed by atoms with van der Waals surface area (Å²) >= 11 is 0. The number of carbonyl (C=O) groups excluding carboxylic acids is 1. The first kappa shape index (κ1) is 17.3. The van der Waals surface area contributed by atoms with Crippen molar-refractivity contribution in [3.8, 4) is 17.4 Å². The van der Waals surface area contributed by atoms with E-state index < -0.39 is 11.1 Å². The van der Waals surface area contributed by atoms with Crippen molar-refractivity contribution in [1.82, 2.24) is 9.97 Å². The van der Waals surface area contributed by atoms with Gasteiger partial charge in [0.2, 0.25) is 5.88 Å². The van der Waals surface area contributed by atoms with Crippen LogP contribution in [0.4, 0.5) is 10.5 Å². The quantitative estimate of drug-likeness (QED) is 0.314. The molecule has 0 unspecified atom stereocenters. The summed E-state index contributed by atoms with van der Waals surface area (Å²) in [7, 11) is 1.22. The van der Waals surface area contributed by atoms with Gasteiger partial charge in [0.15, 0.2) is 0 Å². The topological polar surface area (TPSA) is 117 Å². The maximum Gasteiger partial charge on any atom is 0.514 e. The van der Waals surface area contributed by atoms with Crippen LogP contribution in [0.5, 0.6) is 17.4 Å². The lowest BCUT2D eigenvalue weighted by atomic mass is 10.2. The summed E-state index contributed by atoms with van der Waals surface area (Å²) in [5, 5.41) is 12.4. The molecule has 0 aliphatic rings. The Morgan fingerprint density at radius 1 is 1.04 bits per heavy atom. The average molecular weight is 379 g/mol. The third-order valence-corrected chi connectivity index (χ3v) is 4.07. The van der Waals surface area contributed by atoms with Gasteiger partial charge in [-0.1, -0.05) is 0 Å². The van der Waals surface area contributed by atoms with Crippen molar-refractivity contribution in [3.63, 3.8) is 0 Å². The Morgan fingerprint density at radius 3 is 2.46 bits per heavy atom. The van der Waals surface area contributed by atoms with Gasteiger partial charge in [0.1, 0.15) is 11.5 Å². The number of aromatic amines is 1. The second kappa shape index (κ2) is 6.88. The molecule has 0 fully saturated rings. The molecule has 0 bridgehead atoms. The fourth-order valence-electron chi connectivity index (χ4n) is 2.78. The van der Waals surface area contributed by atoms with Crippen molar-refractivity contribution >= 4 is 33.6 Å². The molecule has 0 atom stereocenters. The molecule has 1 N–H and O–H groups in total. The SMILES string of the molecule is COC(=O)Oc1cc2c(cn1)[nH]c1ccc(Oc3ccc([N+](=O)[O-])cc3)cc12. The number of aromatic nitrogens is 2. The Morgan fingerprint density at radius 2 is 1.75 bits per heavy atom. The lowest BCUT2D eigenvalue weighted by Crippen LogP contribution is -2.08. The Bertz CT molecular complexity index is 1200. The lowest BCUT2D eigenvalue weighted by molar-refractivity contribution is -0.384. The van der Waals surface area contributed by atoms with E-state index in [9.17, 15) is 14.9 Å². The maximum absolute atomic E-state index is 11.3. The molecule has 4 aromatic rings. The number of benzene rings is 2. The minimum absolute atomic E-state index is 0.00920. The van der Waals surface area contributed by atoms with Crippen LogP contribution in [0.2, 0.25) is 0 Å². The van der Waals surface area contributed by atoms with Gasteiger partial charge in [-0.25, -0.2) is 9.78 Å². The molecular weight excluding hydrogens is 366 g/mol. The van der Waals surface area contributed by atoms with Gasteiger partial charge in [-0.05, 0) is 30.3 Å². The molecule has 0 saturated heterocycles. The minimum atomic E-state index is -0.853. The fraction of sp³-hybridized carbons (Fsp3) is 0.0526. The third kappa shape index (κ3) is 3.28. The molecule has 0 saturated carbocycles. The zero-order valence-electron chi connectivity index (χ0n) is 14.5. The van der Waals surface area contributed by atoms with Crippen molar-refractivity contribution in [2.75, 3.05) is 7.11 Å². The first-order chi connectivity index (χ1) is 13.5. The molecule has 9 heteroatoms. The molecule has 0 amide bonds. The summed E-state index contributed by atoms with van der Waals surface area (Å²) in [6.07, 6.45) is 0.707. The van der Waals surface area contributed by atoms with Crippen LogP contribution < -0.4 is 9.47 Å². The highest BCUT2D eigenvalue weighted by Crippen LogP contribution is 2.32. The number of nitro benzene ring substituents is 1. The van der Waals surface area contributed by atoms with Gasteiger partial charge in [0.05, 0.1) is 23.7 Å². The van der Waals surface area contributed by atoms with Crippen LogP contribution in [0.15, 0.2) is 54.7 Å². The summed E-state index contributed by atoms with van der Waals surface area (Å²) in [5.74, 6) is 1.14. The van der Waals surface area contributed by atoms with E-state index in [1.807, 2.05) is 12.1 Å². The molecule has 140 valence electrons. The van der Waals surface area contributed by atoms with Crippen LogP contribution >= 0.6 is 0 Å². The van der Waals surface area contributed by atoms with E-state index >= 15 is 0 Å². The Balaban J connectivity index is 1.68. The molecular formula is C19H13N3O6. The fourth-order valence-corrected chi connectivity index (χ4v) is 2.78. The number of fused-ring (bicyclic) bond motifs is 3. The first-order valence-corrected chi connectivity index (χ1v) is 8.13. The number of nitro groups is 1. The lowest BCUT2D eigenvalue weighted by Gasteiger charge is -2.05. The predicted octanol–water partition coefficient (Wildman–Crippen LogP) is 4.56. The maximum atomic E-state index is 11.3. The molecule has 2 aromatic carbocycles. The number of H-pyrrole nitrogens is 1. The van der Waals surface area contributed by atoms with Gasteiger partial charge in [-0.2, -0.15) is 0 Å². The Labute approximate surface area is 157 Å². The molecule has 4 rings (SSSR count). The van der Waals surface area contributed by atoms with Crippen LogP contribution in [0.1, 0.15) is 0 Å². The van der Waals surface area contributed by atoms with E-state index in [4.69, 9.17) is 9.47 Å². The van der Waals surface area contributed by atoms with E-state index in [0.717, 1.165) is 21.8 Å². The summed E-state index contributed by atoms with van der Waals surface area (Å²) in [5.41, 5.74) is 1.60. The average Bonchev–Trinajstić information content (AvgIpc) is 3.05. The number of hydrogen-bond acceptors (Lipinski definition) is 7. The van der Waals surface area contributed by atoms with Gasteiger partial charge in [-0.15, -0.1) is 0 Å². The van der Waals surface area contributed by atoms with Crippen LogP contribution in [0, 0.1) is 10.1 Å². The zero-order chi connectivity index (χ0) is 19.7. The second-order valence-electron chi connectivity index (χ2n) is 5.81. The predicted molar refractivity (Wildman–Crippen MR) is 99.8 cm³/mol. The van der Waals surface area contributed by atoms with Gasteiger partial charge in [0.25, 0.3) is 5.69 Å². The van der Waals surface area contributed by atoms with Crippen molar-refractivity contribution < 1.29 is 23.9 Å². The highest BCUT2D eigenvalue weighted by atomic mass is 16.7. The smallest absolute Gasteiger partial charge is 0.457 e. The number of pyridine rings is 1. The molecule has 0 radical (unpaired) electrons. The van der Waals surface area contributed by atoms with Gasteiger partial charge >= 0.3 is 6.16 Å². The monoisotopic (exact) mass is 379 g/mol. The first-order valence-electron chi connectivity index (χ1n) is 8.13. The molecule has 2 heterocycles. The number of nitrogens with one attached hydrogen (secondary N) is 1. The molecule has 9 nitrogen and oxygen atoms in total. The highest BCUT2D eigenvalue weighted by Gasteiger charge is 2.11. The molecule has 0 spiro atoms. The van der Waals surface area contributed by atoms with Crippen LogP contribution in [0.3, 0.4) is 0 Å². The number of nitrogens with zero attached hydrogens (tertiary/aromatic N) is 2. The van der Waals surface area contributed by atoms with Crippen LogP contribution in [-0.4, -0.2) is 28.2 Å². The zero-order valence-corrected chi connectivity index (χ0v) is 14.5. The molecule has 0 aliphatic carbocycles. The van der Waals surface area contributed by atoms with Gasteiger partial charge < -0.3 is 19.2 Å². The van der Waals surface area contributed by atoms with Crippen molar-refractivity contribution in [3.05, 3.63) is 64.8 Å². The number of carbonyl (C=O) groups is 1. The van der Waals surface area contributed by atoms with Gasteiger partial charge in [-0.3, -0.25) is 10.1 Å². The number of non-ortho nitro benzene ring substituents is 1. The second-order valence-corrected chi connectivity index (χ2v) is 5.81. The van der Waals surface area contributed by atoms with Gasteiger partial charge in [0, 0.05) is 34.5 Å². The van der Waals surface area contributed by atoms with E-state index in [0.29, 0.717) is 11.5 Å². The normalized spacial score (nSPS) is 10.8. The van der Waals surface area contributed by atoms with Crippen LogP contribution in [-0.2, 0) is 4.74 Å².